The molecule has 0 aromatic heterocycles. The van der Waals surface area contributed by atoms with Crippen LogP contribution in [0.2, 0.25) is 0 Å². The van der Waals surface area contributed by atoms with Crippen LogP contribution in [0.1, 0.15) is 62.1 Å². The van der Waals surface area contributed by atoms with Gasteiger partial charge in [0.1, 0.15) is 0 Å². The first kappa shape index (κ1) is 27.0. The maximum atomic E-state index is 7.19. The number of hydrogen-bond acceptors (Lipinski definition) is 3. The number of hydrogen-bond donors (Lipinski definition) is 0. The van der Waals surface area contributed by atoms with E-state index < -0.39 is 8.53 Å². The van der Waals surface area contributed by atoms with Crippen molar-refractivity contribution in [3.05, 3.63) is 108 Å². The largest absolute Gasteiger partial charge is 1.00 e. The Bertz CT molecular complexity index is 1630. The summed E-state index contributed by atoms with van der Waals surface area (Å²) in [5.74, 6) is 1.90. The molecule has 3 aliphatic rings. The number of nitrogens with zero attached hydrogens (tertiary/aromatic N) is 1. The molecule has 1 saturated carbocycles. The Balaban J connectivity index is 0.00000276. The van der Waals surface area contributed by atoms with Crippen LogP contribution in [0.15, 0.2) is 97.1 Å². The van der Waals surface area contributed by atoms with Crippen LogP contribution in [0.25, 0.3) is 32.7 Å². The average molecular weight is 608 g/mol. The predicted molar refractivity (Wildman–Crippen MR) is 167 cm³/mol. The van der Waals surface area contributed by atoms with Gasteiger partial charge in [0.25, 0.3) is 0 Å². The molecule has 3 nitrogen and oxygen atoms in total. The normalized spacial score (nSPS) is 18.9. The Morgan fingerprint density at radius 3 is 1.78 bits per heavy atom. The third kappa shape index (κ3) is 4.76. The second kappa shape index (κ2) is 11.4. The standard InChI is InChI=1S/C36H34NO2P.Cu/c1-2-4-15-28(14-3-1)37(32-22-19-25-11-5-8-16-29(25)32)40-38-33-23-20-26-12-6-9-17-30(26)35(33)36-31-18-10-7-13-27(31)21-24-34(36)39-40;/h5-13,16-18,20-21,23-24,28,32H,1-4,14-15,19,22H2;/q;+1/p+1. The second-order valence-corrected chi connectivity index (χ2v) is 13.1. The van der Waals surface area contributed by atoms with E-state index in [0.717, 1.165) is 35.5 Å². The van der Waals surface area contributed by atoms with Gasteiger partial charge in [0.15, 0.2) is 11.5 Å². The van der Waals surface area contributed by atoms with E-state index >= 15 is 0 Å². The van der Waals surface area contributed by atoms with Crippen molar-refractivity contribution in [1.29, 1.82) is 0 Å². The van der Waals surface area contributed by atoms with Crippen LogP contribution in [-0.4, -0.2) is 10.7 Å². The molecule has 8 rings (SSSR count). The molecular formula is C36H35CuNO2P+2. The fourth-order valence-electron chi connectivity index (χ4n) is 7.39. The molecule has 1 heterocycles. The summed E-state index contributed by atoms with van der Waals surface area (Å²) in [5, 5.41) is 4.89. The minimum Gasteiger partial charge on any atom is -0.292 e. The van der Waals surface area contributed by atoms with Gasteiger partial charge in [-0.25, -0.2) is 0 Å². The van der Waals surface area contributed by atoms with Gasteiger partial charge in [-0.1, -0.05) is 111 Å². The zero-order chi connectivity index (χ0) is 26.5. The summed E-state index contributed by atoms with van der Waals surface area (Å²) in [4.78, 5) is 0. The second-order valence-electron chi connectivity index (χ2n) is 11.6. The minimum atomic E-state index is -1.89. The van der Waals surface area contributed by atoms with Crippen LogP contribution in [0.4, 0.5) is 0 Å². The zero-order valence-corrected chi connectivity index (χ0v) is 25.1. The Kier molecular flexibility index (Phi) is 7.52. The van der Waals surface area contributed by atoms with Gasteiger partial charge in [-0.2, -0.15) is 0 Å². The molecule has 0 radical (unpaired) electrons. The van der Waals surface area contributed by atoms with Crippen LogP contribution in [0.3, 0.4) is 0 Å². The number of rotatable bonds is 3. The summed E-state index contributed by atoms with van der Waals surface area (Å²) in [6.45, 7) is 0. The van der Waals surface area contributed by atoms with Gasteiger partial charge in [-0.3, -0.25) is 9.05 Å². The van der Waals surface area contributed by atoms with Gasteiger partial charge in [0, 0.05) is 11.1 Å². The summed E-state index contributed by atoms with van der Waals surface area (Å²) in [6.07, 6.45) is 9.93. The fourth-order valence-corrected chi connectivity index (χ4v) is 9.44. The molecule has 0 saturated heterocycles. The molecule has 0 bridgehead atoms. The van der Waals surface area contributed by atoms with Gasteiger partial charge in [0.2, 0.25) is 0 Å². The van der Waals surface area contributed by atoms with Gasteiger partial charge in [-0.15, -0.1) is 4.67 Å². The SMILES string of the molecule is [Cu+].c1ccc2c(c1)CCC2N(C1CCCCCC1)[PH+]1Oc2ccc3ccccc3c2-c2c(ccc3ccccc23)O1. The number of aryl methyl sites for hydroxylation is 1. The van der Waals surface area contributed by atoms with E-state index in [0.29, 0.717) is 12.1 Å². The predicted octanol–water partition coefficient (Wildman–Crippen LogP) is 10.1. The third-order valence-electron chi connectivity index (χ3n) is 9.29. The summed E-state index contributed by atoms with van der Waals surface area (Å²) < 4.78 is 17.1. The molecule has 1 atom stereocenters. The topological polar surface area (TPSA) is 21.7 Å². The first-order valence-corrected chi connectivity index (χ1v) is 16.2. The van der Waals surface area contributed by atoms with E-state index in [9.17, 15) is 0 Å². The molecule has 0 spiro atoms. The number of benzene rings is 5. The van der Waals surface area contributed by atoms with Gasteiger partial charge >= 0.3 is 25.6 Å². The van der Waals surface area contributed by atoms with Gasteiger partial charge in [0.05, 0.1) is 12.1 Å². The van der Waals surface area contributed by atoms with E-state index in [-0.39, 0.29) is 17.1 Å². The van der Waals surface area contributed by atoms with Crippen molar-refractivity contribution in [2.45, 2.75) is 63.5 Å². The van der Waals surface area contributed by atoms with Crippen molar-refractivity contribution >= 4 is 30.1 Å². The monoisotopic (exact) mass is 607 g/mol. The molecule has 1 fully saturated rings. The summed E-state index contributed by atoms with van der Waals surface area (Å²) >= 11 is 0. The molecule has 41 heavy (non-hydrogen) atoms. The maximum absolute atomic E-state index is 7.19. The summed E-state index contributed by atoms with van der Waals surface area (Å²) in [6, 6.07) is 36.0. The van der Waals surface area contributed by atoms with Crippen LogP contribution in [0.5, 0.6) is 11.5 Å². The smallest absolute Gasteiger partial charge is 0.292 e. The van der Waals surface area contributed by atoms with E-state index in [4.69, 9.17) is 9.05 Å². The van der Waals surface area contributed by atoms with Crippen LogP contribution < -0.4 is 9.05 Å². The van der Waals surface area contributed by atoms with Crippen molar-refractivity contribution in [2.75, 3.05) is 0 Å². The first-order chi connectivity index (χ1) is 19.8. The molecule has 0 N–H and O–H groups in total. The molecular weight excluding hydrogens is 573 g/mol. The molecule has 2 aliphatic carbocycles. The minimum absolute atomic E-state index is 0. The third-order valence-corrected chi connectivity index (χ3v) is 11.2. The fraction of sp³-hybridized carbons (Fsp3) is 0.278. The van der Waals surface area contributed by atoms with Crippen molar-refractivity contribution in [3.63, 3.8) is 0 Å². The Hall–Kier alpha value is -2.87. The maximum Gasteiger partial charge on any atom is 1.00 e. The van der Waals surface area contributed by atoms with Crippen LogP contribution >= 0.6 is 8.53 Å². The summed E-state index contributed by atoms with van der Waals surface area (Å²) in [5.41, 5.74) is 5.29. The Morgan fingerprint density at radius 1 is 0.585 bits per heavy atom. The van der Waals surface area contributed by atoms with E-state index in [2.05, 4.69) is 102 Å². The van der Waals surface area contributed by atoms with Gasteiger partial charge in [-0.05, 0) is 70.5 Å². The molecule has 210 valence electrons. The summed E-state index contributed by atoms with van der Waals surface area (Å²) in [7, 11) is -1.89. The van der Waals surface area contributed by atoms with E-state index in [1.165, 1.54) is 71.2 Å². The molecule has 5 aromatic carbocycles. The zero-order valence-electron chi connectivity index (χ0n) is 23.1. The van der Waals surface area contributed by atoms with Crippen LogP contribution in [-0.2, 0) is 23.5 Å². The Morgan fingerprint density at radius 2 is 1.15 bits per heavy atom. The molecule has 5 aromatic rings. The average Bonchev–Trinajstić information content (AvgIpc) is 3.15. The van der Waals surface area contributed by atoms with Crippen LogP contribution in [0, 0.1) is 0 Å². The quantitative estimate of drug-likeness (QED) is 0.116. The molecule has 5 heteroatoms. The van der Waals surface area contributed by atoms with Gasteiger partial charge < -0.3 is 0 Å². The first-order valence-electron chi connectivity index (χ1n) is 15.0. The van der Waals surface area contributed by atoms with Crippen molar-refractivity contribution in [2.24, 2.45) is 0 Å². The number of fused-ring (bicyclic) bond motifs is 8. The Labute approximate surface area is 254 Å². The van der Waals surface area contributed by atoms with Crippen molar-refractivity contribution in [1.82, 2.24) is 4.67 Å². The van der Waals surface area contributed by atoms with Crippen molar-refractivity contribution in [3.8, 4) is 22.6 Å². The van der Waals surface area contributed by atoms with Crippen molar-refractivity contribution < 1.29 is 26.1 Å². The molecule has 1 aliphatic heterocycles. The van der Waals surface area contributed by atoms with E-state index in [1.54, 1.807) is 0 Å². The molecule has 0 amide bonds. The van der Waals surface area contributed by atoms with E-state index in [1.807, 2.05) is 0 Å². The molecule has 1 unspecified atom stereocenters.